The number of aryl methyl sites for hydroxylation is 1. The van der Waals surface area contributed by atoms with Gasteiger partial charge in [-0.3, -0.25) is 0 Å². The van der Waals surface area contributed by atoms with Crippen molar-refractivity contribution in [2.75, 3.05) is 0 Å². The number of thiophene rings is 2. The predicted octanol–water partition coefficient (Wildman–Crippen LogP) is 6.05. The monoisotopic (exact) mass is 375 g/mol. The maximum atomic E-state index is 5.65. The van der Waals surface area contributed by atoms with Crippen molar-refractivity contribution < 1.29 is 4.42 Å². The molecule has 0 bridgehead atoms. The Morgan fingerprint density at radius 3 is 2.12 bits per heavy atom. The van der Waals surface area contributed by atoms with E-state index in [9.17, 15) is 0 Å². The summed E-state index contributed by atoms with van der Waals surface area (Å²) in [5, 5.41) is 4.12. The molecule has 126 valence electrons. The Bertz CT molecular complexity index is 1190. The first kappa shape index (κ1) is 15.4. The van der Waals surface area contributed by atoms with Gasteiger partial charge in [-0.05, 0) is 48.0 Å². The van der Waals surface area contributed by atoms with E-state index < -0.39 is 0 Å². The van der Waals surface area contributed by atoms with E-state index in [4.69, 9.17) is 14.4 Å². The summed E-state index contributed by atoms with van der Waals surface area (Å²) in [5.74, 6) is 1.39. The summed E-state index contributed by atoms with van der Waals surface area (Å²) in [4.78, 5) is 16.4. The summed E-state index contributed by atoms with van der Waals surface area (Å²) < 4.78 is 5.65. The van der Waals surface area contributed by atoms with E-state index in [-0.39, 0.29) is 0 Å². The standard InChI is InChI=1S/C20H13N3OS2/c1-12-11-21-20(24-12)13-6-7-14-15(10-13)23-19(17-5-3-9-26-17)18(22-14)16-4-2-8-25-16/h2-11H,1H3. The Balaban J connectivity index is 1.74. The lowest BCUT2D eigenvalue weighted by Crippen LogP contribution is -1.93. The van der Waals surface area contributed by atoms with Crippen LogP contribution in [0.3, 0.4) is 0 Å². The van der Waals surface area contributed by atoms with Crippen LogP contribution in [0.4, 0.5) is 0 Å². The summed E-state index contributed by atoms with van der Waals surface area (Å²) in [6.45, 7) is 1.89. The first-order valence-electron chi connectivity index (χ1n) is 8.10. The van der Waals surface area contributed by atoms with Crippen LogP contribution in [0.25, 0.3) is 43.6 Å². The Kier molecular flexibility index (Phi) is 3.65. The average Bonchev–Trinajstić information content (AvgIpc) is 3.42. The zero-order valence-corrected chi connectivity index (χ0v) is 15.5. The minimum Gasteiger partial charge on any atom is -0.441 e. The topological polar surface area (TPSA) is 51.8 Å². The van der Waals surface area contributed by atoms with Gasteiger partial charge < -0.3 is 4.42 Å². The second-order valence-electron chi connectivity index (χ2n) is 5.85. The molecule has 0 saturated carbocycles. The zero-order valence-electron chi connectivity index (χ0n) is 13.8. The fourth-order valence-electron chi connectivity index (χ4n) is 2.85. The molecule has 0 aliphatic rings. The van der Waals surface area contributed by atoms with Gasteiger partial charge in [0.15, 0.2) is 0 Å². The van der Waals surface area contributed by atoms with Crippen molar-refractivity contribution >= 4 is 33.7 Å². The number of hydrogen-bond donors (Lipinski definition) is 0. The molecule has 0 fully saturated rings. The van der Waals surface area contributed by atoms with Crippen molar-refractivity contribution in [1.82, 2.24) is 15.0 Å². The molecule has 0 atom stereocenters. The van der Waals surface area contributed by atoms with Crippen LogP contribution < -0.4 is 0 Å². The lowest BCUT2D eigenvalue weighted by atomic mass is 10.1. The van der Waals surface area contributed by atoms with Gasteiger partial charge in [0.1, 0.15) is 17.1 Å². The molecule has 6 heteroatoms. The van der Waals surface area contributed by atoms with Gasteiger partial charge in [0.05, 0.1) is 27.0 Å². The van der Waals surface area contributed by atoms with Gasteiger partial charge in [0.2, 0.25) is 5.89 Å². The smallest absolute Gasteiger partial charge is 0.226 e. The quantitative estimate of drug-likeness (QED) is 0.385. The average molecular weight is 375 g/mol. The number of hydrogen-bond acceptors (Lipinski definition) is 6. The van der Waals surface area contributed by atoms with Crippen LogP contribution >= 0.6 is 22.7 Å². The molecule has 4 nitrogen and oxygen atoms in total. The molecule has 26 heavy (non-hydrogen) atoms. The molecule has 0 N–H and O–H groups in total. The van der Waals surface area contributed by atoms with Crippen LogP contribution in [-0.2, 0) is 0 Å². The van der Waals surface area contributed by atoms with E-state index in [2.05, 4.69) is 27.9 Å². The van der Waals surface area contributed by atoms with Crippen LogP contribution in [0.15, 0.2) is 63.8 Å². The molecular formula is C20H13N3OS2. The SMILES string of the molecule is Cc1cnc(-c2ccc3nc(-c4cccs4)c(-c4cccs4)nc3c2)o1. The molecule has 1 aromatic carbocycles. The van der Waals surface area contributed by atoms with Crippen molar-refractivity contribution in [2.45, 2.75) is 6.92 Å². The molecule has 0 radical (unpaired) electrons. The van der Waals surface area contributed by atoms with Gasteiger partial charge in [0.25, 0.3) is 0 Å². The molecule has 0 saturated heterocycles. The minimum atomic E-state index is 0.603. The van der Waals surface area contributed by atoms with Crippen LogP contribution in [0.2, 0.25) is 0 Å². The fraction of sp³-hybridized carbons (Fsp3) is 0.0500. The Morgan fingerprint density at radius 2 is 1.54 bits per heavy atom. The third-order valence-electron chi connectivity index (χ3n) is 4.04. The van der Waals surface area contributed by atoms with Gasteiger partial charge in [-0.2, -0.15) is 0 Å². The van der Waals surface area contributed by atoms with E-state index in [0.29, 0.717) is 5.89 Å². The molecule has 0 amide bonds. The normalized spacial score (nSPS) is 11.3. The van der Waals surface area contributed by atoms with Crippen LogP contribution in [0.5, 0.6) is 0 Å². The van der Waals surface area contributed by atoms with Crippen molar-refractivity contribution in [2.24, 2.45) is 0 Å². The first-order valence-corrected chi connectivity index (χ1v) is 9.86. The Morgan fingerprint density at radius 1 is 0.846 bits per heavy atom. The van der Waals surface area contributed by atoms with Crippen LogP contribution in [0.1, 0.15) is 5.76 Å². The predicted molar refractivity (Wildman–Crippen MR) is 106 cm³/mol. The van der Waals surface area contributed by atoms with Crippen molar-refractivity contribution in [3.63, 3.8) is 0 Å². The molecule has 0 spiro atoms. The summed E-state index contributed by atoms with van der Waals surface area (Å²) >= 11 is 3.35. The van der Waals surface area contributed by atoms with E-state index in [1.54, 1.807) is 28.9 Å². The number of nitrogens with zero attached hydrogens (tertiary/aromatic N) is 3. The number of rotatable bonds is 3. The largest absolute Gasteiger partial charge is 0.441 e. The number of benzene rings is 1. The van der Waals surface area contributed by atoms with E-state index in [0.717, 1.165) is 43.5 Å². The molecule has 5 rings (SSSR count). The van der Waals surface area contributed by atoms with Crippen molar-refractivity contribution in [1.29, 1.82) is 0 Å². The number of aromatic nitrogens is 3. The lowest BCUT2D eigenvalue weighted by Gasteiger charge is -2.08. The highest BCUT2D eigenvalue weighted by atomic mass is 32.1. The van der Waals surface area contributed by atoms with Gasteiger partial charge in [0, 0.05) is 5.56 Å². The van der Waals surface area contributed by atoms with Gasteiger partial charge >= 0.3 is 0 Å². The summed E-state index contributed by atoms with van der Waals surface area (Å²) in [6.07, 6.45) is 1.72. The molecule has 0 aliphatic carbocycles. The Labute approximate surface area is 157 Å². The minimum absolute atomic E-state index is 0.603. The third kappa shape index (κ3) is 2.64. The molecule has 4 heterocycles. The van der Waals surface area contributed by atoms with E-state index in [1.807, 2.05) is 37.3 Å². The van der Waals surface area contributed by atoms with Crippen LogP contribution in [-0.4, -0.2) is 15.0 Å². The van der Waals surface area contributed by atoms with Crippen molar-refractivity contribution in [3.8, 4) is 32.6 Å². The second kappa shape index (κ2) is 6.16. The highest BCUT2D eigenvalue weighted by Crippen LogP contribution is 2.36. The number of fused-ring (bicyclic) bond motifs is 1. The van der Waals surface area contributed by atoms with Crippen molar-refractivity contribution in [3.05, 3.63) is 65.2 Å². The highest BCUT2D eigenvalue weighted by Gasteiger charge is 2.15. The van der Waals surface area contributed by atoms with E-state index in [1.165, 1.54) is 0 Å². The molecule has 5 aromatic rings. The van der Waals surface area contributed by atoms with Gasteiger partial charge in [-0.15, -0.1) is 22.7 Å². The summed E-state index contributed by atoms with van der Waals surface area (Å²) in [5.41, 5.74) is 4.44. The third-order valence-corrected chi connectivity index (χ3v) is 5.79. The molecule has 0 aliphatic heterocycles. The second-order valence-corrected chi connectivity index (χ2v) is 7.75. The summed E-state index contributed by atoms with van der Waals surface area (Å²) in [7, 11) is 0. The van der Waals surface area contributed by atoms with Crippen LogP contribution in [0, 0.1) is 6.92 Å². The Hall–Kier alpha value is -2.83. The maximum Gasteiger partial charge on any atom is 0.226 e. The lowest BCUT2D eigenvalue weighted by molar-refractivity contribution is 0.542. The molecule has 4 aromatic heterocycles. The first-order chi connectivity index (χ1) is 12.8. The highest BCUT2D eigenvalue weighted by molar-refractivity contribution is 7.14. The zero-order chi connectivity index (χ0) is 17.5. The number of oxazole rings is 1. The van der Waals surface area contributed by atoms with Gasteiger partial charge in [-0.25, -0.2) is 15.0 Å². The van der Waals surface area contributed by atoms with Gasteiger partial charge in [-0.1, -0.05) is 12.1 Å². The van der Waals surface area contributed by atoms with E-state index >= 15 is 0 Å². The summed E-state index contributed by atoms with van der Waals surface area (Å²) in [6, 6.07) is 14.2. The maximum absolute atomic E-state index is 5.65. The molecular weight excluding hydrogens is 362 g/mol. The fourth-order valence-corrected chi connectivity index (χ4v) is 4.28. The molecule has 0 unspecified atom stereocenters.